The molecule has 27 heavy (non-hydrogen) atoms. The highest BCUT2D eigenvalue weighted by Gasteiger charge is 2.34. The minimum absolute atomic E-state index is 0.235. The van der Waals surface area contributed by atoms with Crippen molar-refractivity contribution in [2.24, 2.45) is 0 Å². The summed E-state index contributed by atoms with van der Waals surface area (Å²) in [7, 11) is 0. The van der Waals surface area contributed by atoms with Crippen LogP contribution in [0.2, 0.25) is 0 Å². The maximum Gasteiger partial charge on any atom is 0.308 e. The van der Waals surface area contributed by atoms with E-state index in [9.17, 15) is 14.4 Å². The second-order valence-electron chi connectivity index (χ2n) is 5.97. The van der Waals surface area contributed by atoms with Gasteiger partial charge >= 0.3 is 5.97 Å². The van der Waals surface area contributed by atoms with Crippen LogP contribution in [-0.2, 0) is 9.53 Å². The van der Waals surface area contributed by atoms with Crippen LogP contribution in [0.1, 0.15) is 39.6 Å². The molecular formula is C21H19NO4S. The van der Waals surface area contributed by atoms with Gasteiger partial charge in [0.05, 0.1) is 11.1 Å². The summed E-state index contributed by atoms with van der Waals surface area (Å²) in [5.41, 5.74) is 1.76. The van der Waals surface area contributed by atoms with E-state index < -0.39 is 0 Å². The molecule has 0 radical (unpaired) electrons. The van der Waals surface area contributed by atoms with Gasteiger partial charge in [-0.1, -0.05) is 42.5 Å². The zero-order valence-electron chi connectivity index (χ0n) is 14.9. The zero-order valence-corrected chi connectivity index (χ0v) is 15.7. The second kappa shape index (κ2) is 8.68. The number of carbonyl (C=O) groups is 3. The van der Waals surface area contributed by atoms with E-state index in [0.29, 0.717) is 35.6 Å². The van der Waals surface area contributed by atoms with E-state index in [1.165, 1.54) is 23.6 Å². The van der Waals surface area contributed by atoms with Crippen LogP contribution in [0.5, 0.6) is 0 Å². The summed E-state index contributed by atoms with van der Waals surface area (Å²) in [4.78, 5) is 37.2. The molecule has 6 heteroatoms. The average Bonchev–Trinajstić information content (AvgIpc) is 2.92. The lowest BCUT2D eigenvalue weighted by Gasteiger charge is -2.13. The van der Waals surface area contributed by atoms with Crippen molar-refractivity contribution in [1.82, 2.24) is 4.90 Å². The Morgan fingerprint density at radius 1 is 1.00 bits per heavy atom. The predicted molar refractivity (Wildman–Crippen MR) is 105 cm³/mol. The van der Waals surface area contributed by atoms with Crippen molar-refractivity contribution in [3.8, 4) is 0 Å². The first-order valence-electron chi connectivity index (χ1n) is 8.59. The molecule has 0 fully saturated rings. The highest BCUT2D eigenvalue weighted by molar-refractivity contribution is 8.02. The highest BCUT2D eigenvalue weighted by atomic mass is 32.2. The number of imide groups is 1. The maximum atomic E-state index is 12.3. The number of amides is 2. The molecule has 2 aromatic rings. The summed E-state index contributed by atoms with van der Waals surface area (Å²) in [5, 5.41) is 1.79. The Morgan fingerprint density at radius 2 is 1.59 bits per heavy atom. The van der Waals surface area contributed by atoms with Crippen LogP contribution in [0.15, 0.2) is 60.0 Å². The van der Waals surface area contributed by atoms with Crippen molar-refractivity contribution in [3.63, 3.8) is 0 Å². The van der Waals surface area contributed by atoms with Crippen molar-refractivity contribution in [3.05, 3.63) is 76.7 Å². The van der Waals surface area contributed by atoms with Crippen molar-refractivity contribution in [2.45, 2.75) is 13.3 Å². The Bertz CT molecular complexity index is 857. The van der Waals surface area contributed by atoms with Gasteiger partial charge in [-0.15, -0.1) is 11.8 Å². The van der Waals surface area contributed by atoms with E-state index >= 15 is 0 Å². The third kappa shape index (κ3) is 4.46. The van der Waals surface area contributed by atoms with Gasteiger partial charge in [0.15, 0.2) is 0 Å². The number of nitrogens with zero attached hydrogens (tertiary/aromatic N) is 1. The summed E-state index contributed by atoms with van der Waals surface area (Å²) in [6.07, 6.45) is 0.648. The van der Waals surface area contributed by atoms with Gasteiger partial charge in [-0.3, -0.25) is 19.3 Å². The average molecular weight is 381 g/mol. The van der Waals surface area contributed by atoms with Crippen LogP contribution in [-0.4, -0.2) is 35.0 Å². The van der Waals surface area contributed by atoms with E-state index in [0.717, 1.165) is 5.56 Å². The quantitative estimate of drug-likeness (QED) is 0.314. The molecule has 5 nitrogen and oxygen atoms in total. The first-order valence-corrected chi connectivity index (χ1v) is 9.63. The monoisotopic (exact) mass is 381 g/mol. The van der Waals surface area contributed by atoms with Gasteiger partial charge in [0.1, 0.15) is 5.76 Å². The number of hydrogen-bond donors (Lipinski definition) is 0. The molecule has 1 aliphatic heterocycles. The molecule has 0 atom stereocenters. The van der Waals surface area contributed by atoms with Crippen LogP contribution in [0, 0.1) is 0 Å². The van der Waals surface area contributed by atoms with Gasteiger partial charge in [0.25, 0.3) is 11.8 Å². The number of carbonyl (C=O) groups excluding carboxylic acids is 3. The topological polar surface area (TPSA) is 63.7 Å². The minimum atomic E-state index is -0.378. The largest absolute Gasteiger partial charge is 0.426 e. The molecule has 0 saturated carbocycles. The van der Waals surface area contributed by atoms with Crippen molar-refractivity contribution < 1.29 is 19.1 Å². The zero-order chi connectivity index (χ0) is 19.2. The predicted octanol–water partition coefficient (Wildman–Crippen LogP) is 3.97. The minimum Gasteiger partial charge on any atom is -0.426 e. The molecule has 0 bridgehead atoms. The number of esters is 1. The van der Waals surface area contributed by atoms with Gasteiger partial charge in [-0.2, -0.15) is 0 Å². The summed E-state index contributed by atoms with van der Waals surface area (Å²) < 4.78 is 5.28. The van der Waals surface area contributed by atoms with E-state index in [4.69, 9.17) is 4.74 Å². The third-order valence-electron chi connectivity index (χ3n) is 4.02. The fourth-order valence-corrected chi connectivity index (χ4v) is 3.54. The molecule has 2 aromatic carbocycles. The van der Waals surface area contributed by atoms with Crippen molar-refractivity contribution >= 4 is 35.3 Å². The fourth-order valence-electron chi connectivity index (χ4n) is 2.79. The van der Waals surface area contributed by atoms with Gasteiger partial charge < -0.3 is 4.74 Å². The van der Waals surface area contributed by atoms with Crippen LogP contribution in [0.4, 0.5) is 0 Å². The number of rotatable bonds is 7. The first kappa shape index (κ1) is 18.9. The number of hydrogen-bond acceptors (Lipinski definition) is 5. The van der Waals surface area contributed by atoms with Gasteiger partial charge in [-0.05, 0) is 24.3 Å². The molecule has 2 amide bonds. The normalized spacial score (nSPS) is 13.7. The molecular weight excluding hydrogens is 362 g/mol. The van der Waals surface area contributed by atoms with Crippen molar-refractivity contribution in [2.75, 3.05) is 12.3 Å². The molecule has 0 aromatic heterocycles. The Hall–Kier alpha value is -2.86. The molecule has 3 rings (SSSR count). The number of benzene rings is 2. The first-order chi connectivity index (χ1) is 13.1. The van der Waals surface area contributed by atoms with Crippen LogP contribution < -0.4 is 0 Å². The molecule has 0 aliphatic carbocycles. The standard InChI is InChI=1S/C21H19NO4S/c1-15(23)26-19(16-8-3-2-4-9-16)14-27-13-7-12-22-20(24)17-10-5-6-11-18(17)21(22)25/h2-6,8-11,14H,7,12-13H2,1H3/b19-14-. The lowest BCUT2D eigenvalue weighted by Crippen LogP contribution is -2.30. The lowest BCUT2D eigenvalue weighted by atomic mass is 10.1. The smallest absolute Gasteiger partial charge is 0.308 e. The van der Waals surface area contributed by atoms with Crippen LogP contribution in [0.25, 0.3) is 5.76 Å². The lowest BCUT2D eigenvalue weighted by molar-refractivity contribution is -0.134. The summed E-state index contributed by atoms with van der Waals surface area (Å²) in [5.74, 6) is 0.331. The highest BCUT2D eigenvalue weighted by Crippen LogP contribution is 2.24. The van der Waals surface area contributed by atoms with Gasteiger partial charge in [-0.25, -0.2) is 0 Å². The molecule has 138 valence electrons. The number of ether oxygens (including phenoxy) is 1. The molecule has 0 unspecified atom stereocenters. The maximum absolute atomic E-state index is 12.3. The van der Waals surface area contributed by atoms with Crippen LogP contribution >= 0.6 is 11.8 Å². The second-order valence-corrected chi connectivity index (χ2v) is 6.95. The number of thioether (sulfide) groups is 1. The summed E-state index contributed by atoms with van der Waals surface area (Å²) in [6, 6.07) is 16.3. The number of fused-ring (bicyclic) bond motifs is 1. The Morgan fingerprint density at radius 3 is 2.19 bits per heavy atom. The van der Waals surface area contributed by atoms with E-state index in [1.54, 1.807) is 29.7 Å². The van der Waals surface area contributed by atoms with E-state index in [2.05, 4.69) is 0 Å². The molecule has 0 saturated heterocycles. The fraction of sp³-hybridized carbons (Fsp3) is 0.190. The SMILES string of the molecule is CC(=O)O/C(=C\SCCCN1C(=O)c2ccccc2C1=O)c1ccccc1. The third-order valence-corrected chi connectivity index (χ3v) is 4.93. The van der Waals surface area contributed by atoms with Crippen LogP contribution in [0.3, 0.4) is 0 Å². The molecule has 1 heterocycles. The van der Waals surface area contributed by atoms with Gasteiger partial charge in [0.2, 0.25) is 0 Å². The van der Waals surface area contributed by atoms with Crippen molar-refractivity contribution in [1.29, 1.82) is 0 Å². The summed E-state index contributed by atoms with van der Waals surface area (Å²) >= 11 is 1.48. The Kier molecular flexibility index (Phi) is 6.08. The van der Waals surface area contributed by atoms with Gasteiger partial charge in [0, 0.05) is 24.4 Å². The molecule has 1 aliphatic rings. The van der Waals surface area contributed by atoms with E-state index in [1.807, 2.05) is 30.3 Å². The Balaban J connectivity index is 1.55. The molecule has 0 N–H and O–H groups in total. The summed E-state index contributed by atoms with van der Waals surface area (Å²) in [6.45, 7) is 1.73. The Labute approximate surface area is 162 Å². The molecule has 0 spiro atoms. The van der Waals surface area contributed by atoms with E-state index in [-0.39, 0.29) is 17.8 Å².